The number of carbonyl (C=O) groups is 1. The summed E-state index contributed by atoms with van der Waals surface area (Å²) in [5.41, 5.74) is 1.33. The molecule has 2 amide bonds. The molecule has 0 radical (unpaired) electrons. The summed E-state index contributed by atoms with van der Waals surface area (Å²) in [4.78, 5) is 11.7. The molecular weight excluding hydrogens is 259 g/mol. The van der Waals surface area contributed by atoms with Crippen LogP contribution in [0.25, 0.3) is 0 Å². The highest BCUT2D eigenvalue weighted by Gasteiger charge is 2.03. The molecular formula is C15H15FN2O2. The van der Waals surface area contributed by atoms with E-state index in [1.807, 2.05) is 24.3 Å². The summed E-state index contributed by atoms with van der Waals surface area (Å²) in [5, 5.41) is 5.25. The number of benzene rings is 2. The van der Waals surface area contributed by atoms with Crippen molar-refractivity contribution in [2.24, 2.45) is 0 Å². The van der Waals surface area contributed by atoms with Crippen LogP contribution in [0.5, 0.6) is 5.75 Å². The highest BCUT2D eigenvalue weighted by atomic mass is 19.1. The Bertz CT molecular complexity index is 602. The Balaban J connectivity index is 1.88. The fourth-order valence-corrected chi connectivity index (χ4v) is 1.71. The third-order valence-corrected chi connectivity index (χ3v) is 2.67. The Labute approximate surface area is 116 Å². The molecule has 0 aliphatic heterocycles. The van der Waals surface area contributed by atoms with Gasteiger partial charge in [0, 0.05) is 12.2 Å². The molecule has 0 fully saturated rings. The van der Waals surface area contributed by atoms with Gasteiger partial charge in [-0.1, -0.05) is 18.2 Å². The number of urea groups is 1. The number of nitrogens with one attached hydrogen (secondary N) is 2. The highest BCUT2D eigenvalue weighted by molar-refractivity contribution is 5.89. The lowest BCUT2D eigenvalue weighted by molar-refractivity contribution is 0.251. The third-order valence-electron chi connectivity index (χ3n) is 2.67. The molecule has 0 aromatic heterocycles. The minimum Gasteiger partial charge on any atom is -0.497 e. The van der Waals surface area contributed by atoms with Gasteiger partial charge in [-0.05, 0) is 35.9 Å². The quantitative estimate of drug-likeness (QED) is 0.899. The number of halogens is 1. The average Bonchev–Trinajstić information content (AvgIpc) is 2.45. The monoisotopic (exact) mass is 274 g/mol. The van der Waals surface area contributed by atoms with E-state index < -0.39 is 11.8 Å². The van der Waals surface area contributed by atoms with E-state index in [0.29, 0.717) is 12.2 Å². The van der Waals surface area contributed by atoms with Crippen molar-refractivity contribution in [3.8, 4) is 5.75 Å². The SMILES string of the molecule is COc1cccc(CNC(=O)Nc2cccc(F)c2)c1. The molecule has 0 atom stereocenters. The fraction of sp³-hybridized carbons (Fsp3) is 0.133. The molecule has 0 aliphatic rings. The minimum atomic E-state index is -0.393. The van der Waals surface area contributed by atoms with Gasteiger partial charge in [-0.2, -0.15) is 0 Å². The van der Waals surface area contributed by atoms with E-state index in [1.54, 1.807) is 13.2 Å². The number of hydrogen-bond acceptors (Lipinski definition) is 2. The number of carbonyl (C=O) groups excluding carboxylic acids is 1. The number of ether oxygens (including phenoxy) is 1. The molecule has 2 N–H and O–H groups in total. The standard InChI is InChI=1S/C15H15FN2O2/c1-20-14-7-2-4-11(8-14)10-17-15(19)18-13-6-3-5-12(16)9-13/h2-9H,10H2,1H3,(H2,17,18,19). The maximum absolute atomic E-state index is 13.0. The van der Waals surface area contributed by atoms with E-state index in [4.69, 9.17) is 4.74 Å². The number of anilines is 1. The van der Waals surface area contributed by atoms with E-state index in [0.717, 1.165) is 11.3 Å². The summed E-state index contributed by atoms with van der Waals surface area (Å²) in [6.45, 7) is 0.359. The molecule has 0 bridgehead atoms. The van der Waals surface area contributed by atoms with Crippen LogP contribution >= 0.6 is 0 Å². The summed E-state index contributed by atoms with van der Waals surface area (Å²) in [7, 11) is 1.59. The van der Waals surface area contributed by atoms with Gasteiger partial charge in [0.15, 0.2) is 0 Å². The van der Waals surface area contributed by atoms with Gasteiger partial charge in [-0.25, -0.2) is 9.18 Å². The normalized spacial score (nSPS) is 9.90. The Hall–Kier alpha value is -2.56. The molecule has 2 aromatic rings. The van der Waals surface area contributed by atoms with Crippen LogP contribution in [0.2, 0.25) is 0 Å². The molecule has 0 unspecified atom stereocenters. The van der Waals surface area contributed by atoms with E-state index in [1.165, 1.54) is 18.2 Å². The molecule has 5 heteroatoms. The summed E-state index contributed by atoms with van der Waals surface area (Å²) in [5.74, 6) is 0.338. The van der Waals surface area contributed by atoms with Gasteiger partial charge in [0.2, 0.25) is 0 Å². The van der Waals surface area contributed by atoms with Gasteiger partial charge in [-0.15, -0.1) is 0 Å². The Morgan fingerprint density at radius 1 is 1.20 bits per heavy atom. The Kier molecular flexibility index (Phi) is 4.55. The van der Waals surface area contributed by atoms with Crippen molar-refractivity contribution in [3.63, 3.8) is 0 Å². The summed E-state index contributed by atoms with van der Waals surface area (Å²) < 4.78 is 18.1. The molecule has 20 heavy (non-hydrogen) atoms. The zero-order valence-electron chi connectivity index (χ0n) is 11.0. The predicted molar refractivity (Wildman–Crippen MR) is 75.3 cm³/mol. The number of methoxy groups -OCH3 is 1. The molecule has 0 saturated heterocycles. The van der Waals surface area contributed by atoms with Gasteiger partial charge >= 0.3 is 6.03 Å². The first-order valence-corrected chi connectivity index (χ1v) is 6.11. The summed E-state index contributed by atoms with van der Waals surface area (Å²) in [6.07, 6.45) is 0. The second kappa shape index (κ2) is 6.56. The lowest BCUT2D eigenvalue weighted by Gasteiger charge is -2.08. The zero-order valence-corrected chi connectivity index (χ0v) is 11.0. The van der Waals surface area contributed by atoms with E-state index in [9.17, 15) is 9.18 Å². The zero-order chi connectivity index (χ0) is 14.4. The van der Waals surface area contributed by atoms with Crippen molar-refractivity contribution in [1.29, 1.82) is 0 Å². The second-order valence-corrected chi connectivity index (χ2v) is 4.17. The first kappa shape index (κ1) is 13.9. The topological polar surface area (TPSA) is 50.4 Å². The molecule has 0 saturated carbocycles. The average molecular weight is 274 g/mol. The first-order valence-electron chi connectivity index (χ1n) is 6.11. The molecule has 0 heterocycles. The maximum Gasteiger partial charge on any atom is 0.319 e. The van der Waals surface area contributed by atoms with Crippen molar-refractivity contribution in [2.75, 3.05) is 12.4 Å². The van der Waals surface area contributed by atoms with Crippen LogP contribution in [-0.4, -0.2) is 13.1 Å². The van der Waals surface area contributed by atoms with Crippen LogP contribution in [-0.2, 0) is 6.54 Å². The van der Waals surface area contributed by atoms with Gasteiger partial charge in [-0.3, -0.25) is 0 Å². The van der Waals surface area contributed by atoms with E-state index in [2.05, 4.69) is 10.6 Å². The molecule has 0 aliphatic carbocycles. The smallest absolute Gasteiger partial charge is 0.319 e. The molecule has 2 rings (SSSR count). The van der Waals surface area contributed by atoms with Crippen LogP contribution in [0.1, 0.15) is 5.56 Å². The van der Waals surface area contributed by atoms with Crippen LogP contribution in [0, 0.1) is 5.82 Å². The molecule has 104 valence electrons. The van der Waals surface area contributed by atoms with Crippen molar-refractivity contribution in [3.05, 3.63) is 59.9 Å². The third kappa shape index (κ3) is 3.98. The highest BCUT2D eigenvalue weighted by Crippen LogP contribution is 2.12. The number of rotatable bonds is 4. The van der Waals surface area contributed by atoms with E-state index in [-0.39, 0.29) is 0 Å². The van der Waals surface area contributed by atoms with Crippen LogP contribution < -0.4 is 15.4 Å². The largest absolute Gasteiger partial charge is 0.497 e. The van der Waals surface area contributed by atoms with Crippen molar-refractivity contribution >= 4 is 11.7 Å². The van der Waals surface area contributed by atoms with Crippen LogP contribution in [0.15, 0.2) is 48.5 Å². The van der Waals surface area contributed by atoms with Crippen LogP contribution in [0.3, 0.4) is 0 Å². The lowest BCUT2D eigenvalue weighted by Crippen LogP contribution is -2.28. The molecule has 4 nitrogen and oxygen atoms in total. The maximum atomic E-state index is 13.0. The van der Waals surface area contributed by atoms with Gasteiger partial charge in [0.25, 0.3) is 0 Å². The molecule has 2 aromatic carbocycles. The van der Waals surface area contributed by atoms with Crippen molar-refractivity contribution in [2.45, 2.75) is 6.54 Å². The predicted octanol–water partition coefficient (Wildman–Crippen LogP) is 3.16. The van der Waals surface area contributed by atoms with Crippen molar-refractivity contribution < 1.29 is 13.9 Å². The summed E-state index contributed by atoms with van der Waals surface area (Å²) in [6, 6.07) is 12.7. The molecule has 0 spiro atoms. The number of hydrogen-bond donors (Lipinski definition) is 2. The summed E-state index contributed by atoms with van der Waals surface area (Å²) >= 11 is 0. The Morgan fingerprint density at radius 2 is 2.00 bits per heavy atom. The van der Waals surface area contributed by atoms with Gasteiger partial charge in [0.05, 0.1) is 7.11 Å². The fourth-order valence-electron chi connectivity index (χ4n) is 1.71. The van der Waals surface area contributed by atoms with Gasteiger partial charge in [0.1, 0.15) is 11.6 Å². The Morgan fingerprint density at radius 3 is 2.75 bits per heavy atom. The minimum absolute atomic E-state index is 0.359. The number of amides is 2. The van der Waals surface area contributed by atoms with E-state index >= 15 is 0 Å². The first-order chi connectivity index (χ1) is 9.67. The second-order valence-electron chi connectivity index (χ2n) is 4.17. The lowest BCUT2D eigenvalue weighted by atomic mass is 10.2. The van der Waals surface area contributed by atoms with Gasteiger partial charge < -0.3 is 15.4 Å². The van der Waals surface area contributed by atoms with Crippen LogP contribution in [0.4, 0.5) is 14.9 Å². The van der Waals surface area contributed by atoms with Crippen molar-refractivity contribution in [1.82, 2.24) is 5.32 Å².